The Morgan fingerprint density at radius 1 is 1.21 bits per heavy atom. The van der Waals surface area contributed by atoms with Crippen molar-refractivity contribution < 1.29 is 9.59 Å². The quantitative estimate of drug-likeness (QED) is 0.595. The Balaban J connectivity index is 1.31. The lowest BCUT2D eigenvalue weighted by atomic mass is 9.92. The molecule has 0 spiro atoms. The Bertz CT molecular complexity index is 1300. The largest absolute Gasteiger partial charge is 0.377 e. The van der Waals surface area contributed by atoms with Gasteiger partial charge in [-0.25, -0.2) is 0 Å². The van der Waals surface area contributed by atoms with Crippen molar-refractivity contribution in [1.82, 2.24) is 19.7 Å². The number of anilines is 2. The Morgan fingerprint density at radius 2 is 2.00 bits per heavy atom. The van der Waals surface area contributed by atoms with Crippen LogP contribution in [0.2, 0.25) is 0 Å². The van der Waals surface area contributed by atoms with Crippen LogP contribution in [0.15, 0.2) is 54.0 Å². The van der Waals surface area contributed by atoms with Gasteiger partial charge in [0, 0.05) is 45.2 Å². The topological polar surface area (TPSA) is 95.7 Å². The zero-order valence-electron chi connectivity index (χ0n) is 19.7. The van der Waals surface area contributed by atoms with Gasteiger partial charge in [0.25, 0.3) is 11.8 Å². The van der Waals surface area contributed by atoms with E-state index < -0.39 is 5.54 Å². The fourth-order valence-corrected chi connectivity index (χ4v) is 4.73. The first-order valence-corrected chi connectivity index (χ1v) is 11.2. The minimum absolute atomic E-state index is 0.0207. The molecule has 4 heterocycles. The summed E-state index contributed by atoms with van der Waals surface area (Å²) in [5.74, 6) is -0.0662. The van der Waals surface area contributed by atoms with E-state index in [9.17, 15) is 9.59 Å². The number of hydrogen-bond donors (Lipinski definition) is 1. The summed E-state index contributed by atoms with van der Waals surface area (Å²) >= 11 is 0. The maximum Gasteiger partial charge on any atom is 0.259 e. The first-order valence-electron chi connectivity index (χ1n) is 11.2. The number of nitrogens with zero attached hydrogens (tertiary/aromatic N) is 6. The summed E-state index contributed by atoms with van der Waals surface area (Å²) in [6.07, 6.45) is 8.55. The second-order valence-electron chi connectivity index (χ2n) is 9.28. The van der Waals surface area contributed by atoms with Crippen LogP contribution in [0.3, 0.4) is 0 Å². The van der Waals surface area contributed by atoms with Crippen LogP contribution in [0.4, 0.5) is 11.4 Å². The molecule has 9 heteroatoms. The van der Waals surface area contributed by atoms with Crippen LogP contribution in [0.5, 0.6) is 0 Å². The number of amides is 2. The number of fused-ring (bicyclic) bond motifs is 1. The van der Waals surface area contributed by atoms with Crippen LogP contribution < -0.4 is 10.2 Å². The summed E-state index contributed by atoms with van der Waals surface area (Å²) in [5.41, 5.74) is 4.23. The third-order valence-electron chi connectivity index (χ3n) is 6.45. The first kappa shape index (κ1) is 21.8. The fourth-order valence-electron chi connectivity index (χ4n) is 4.73. The van der Waals surface area contributed by atoms with E-state index in [0.29, 0.717) is 24.2 Å². The lowest BCUT2D eigenvalue weighted by Crippen LogP contribution is -2.57. The zero-order valence-corrected chi connectivity index (χ0v) is 19.7. The molecular formula is C25H27N7O2. The Kier molecular flexibility index (Phi) is 5.19. The molecule has 2 amide bonds. The van der Waals surface area contributed by atoms with E-state index in [0.717, 1.165) is 22.5 Å². The van der Waals surface area contributed by atoms with Gasteiger partial charge in [-0.2, -0.15) is 5.10 Å². The summed E-state index contributed by atoms with van der Waals surface area (Å²) in [6, 6.07) is 7.87. The van der Waals surface area contributed by atoms with Crippen molar-refractivity contribution in [3.8, 4) is 0 Å². The van der Waals surface area contributed by atoms with Gasteiger partial charge >= 0.3 is 0 Å². The first-order chi connectivity index (χ1) is 16.3. The predicted molar refractivity (Wildman–Crippen MR) is 131 cm³/mol. The van der Waals surface area contributed by atoms with Gasteiger partial charge in [-0.3, -0.25) is 29.1 Å². The molecule has 0 aliphatic carbocycles. The van der Waals surface area contributed by atoms with Crippen molar-refractivity contribution in [1.29, 1.82) is 0 Å². The molecule has 3 aromatic rings. The molecule has 1 N–H and O–H groups in total. The lowest BCUT2D eigenvalue weighted by Gasteiger charge is -2.40. The maximum absolute atomic E-state index is 13.3. The van der Waals surface area contributed by atoms with Gasteiger partial charge in [0.05, 0.1) is 47.1 Å². The standard InChI is InChI=1S/C25H27N7O2/c1-25(2)22-7-16(9-26-3)5-6-21(22)24(34)32(25)20-8-18(11-27-12-20)29-19-14-31(15-19)23(33)17-10-28-30(4)13-17/h5-13,19,29H,14-15H2,1-4H3/b26-9+. The highest BCUT2D eigenvalue weighted by Crippen LogP contribution is 2.42. The van der Waals surface area contributed by atoms with E-state index in [1.807, 2.05) is 38.1 Å². The lowest BCUT2D eigenvalue weighted by molar-refractivity contribution is 0.0625. The molecule has 1 saturated heterocycles. The number of likely N-dealkylation sites (tertiary alicyclic amines) is 1. The number of carbonyl (C=O) groups excluding carboxylic acids is 2. The molecule has 34 heavy (non-hydrogen) atoms. The van der Waals surface area contributed by atoms with Crippen molar-refractivity contribution >= 4 is 29.4 Å². The molecule has 2 aliphatic rings. The van der Waals surface area contributed by atoms with E-state index in [1.54, 1.807) is 59.6 Å². The van der Waals surface area contributed by atoms with Crippen LogP contribution in [0.25, 0.3) is 0 Å². The Hall–Kier alpha value is -4.01. The summed E-state index contributed by atoms with van der Waals surface area (Å²) in [5, 5.41) is 7.51. The SMILES string of the molecule is C/N=C/c1ccc2c(c1)C(C)(C)N(c1cncc(NC3CN(C(=O)c4cnn(C)c4)C3)c1)C2=O. The molecule has 5 rings (SSSR count). The van der Waals surface area contributed by atoms with Crippen LogP contribution in [-0.2, 0) is 12.6 Å². The van der Waals surface area contributed by atoms with Gasteiger partial charge in [0.1, 0.15) is 0 Å². The summed E-state index contributed by atoms with van der Waals surface area (Å²) < 4.78 is 1.62. The highest BCUT2D eigenvalue weighted by molar-refractivity contribution is 6.12. The van der Waals surface area contributed by atoms with E-state index in [4.69, 9.17) is 0 Å². The molecular weight excluding hydrogens is 430 g/mol. The van der Waals surface area contributed by atoms with Crippen LogP contribution in [0.1, 0.15) is 45.7 Å². The number of aliphatic imine (C=N–C) groups is 1. The molecule has 2 aromatic heterocycles. The molecule has 9 nitrogen and oxygen atoms in total. The van der Waals surface area contributed by atoms with Gasteiger partial charge in [-0.05, 0) is 43.2 Å². The molecule has 2 aliphatic heterocycles. The van der Waals surface area contributed by atoms with Gasteiger partial charge < -0.3 is 10.2 Å². The van der Waals surface area contributed by atoms with E-state index in [1.165, 1.54) is 0 Å². The van der Waals surface area contributed by atoms with Crippen molar-refractivity contribution in [2.75, 3.05) is 30.4 Å². The highest BCUT2D eigenvalue weighted by Gasteiger charge is 2.44. The summed E-state index contributed by atoms with van der Waals surface area (Å²) in [4.78, 5) is 37.9. The molecule has 174 valence electrons. The molecule has 0 atom stereocenters. The maximum atomic E-state index is 13.3. The number of rotatable bonds is 5. The minimum Gasteiger partial charge on any atom is -0.377 e. The fraction of sp³-hybridized carbons (Fsp3) is 0.320. The minimum atomic E-state index is -0.534. The van der Waals surface area contributed by atoms with Gasteiger partial charge in [0.15, 0.2) is 0 Å². The second-order valence-corrected chi connectivity index (χ2v) is 9.28. The van der Waals surface area contributed by atoms with Crippen LogP contribution in [-0.4, -0.2) is 63.9 Å². The monoisotopic (exact) mass is 457 g/mol. The van der Waals surface area contributed by atoms with Gasteiger partial charge in [-0.15, -0.1) is 0 Å². The Morgan fingerprint density at radius 3 is 2.71 bits per heavy atom. The average molecular weight is 458 g/mol. The second kappa shape index (κ2) is 8.09. The molecule has 0 radical (unpaired) electrons. The van der Waals surface area contributed by atoms with Crippen molar-refractivity contribution in [3.63, 3.8) is 0 Å². The number of carbonyl (C=O) groups is 2. The zero-order chi connectivity index (χ0) is 24.0. The van der Waals surface area contributed by atoms with E-state index >= 15 is 0 Å². The molecule has 0 bridgehead atoms. The van der Waals surface area contributed by atoms with Gasteiger partial charge in [0.2, 0.25) is 0 Å². The van der Waals surface area contributed by atoms with E-state index in [2.05, 4.69) is 20.4 Å². The number of aryl methyl sites for hydroxylation is 1. The molecule has 0 unspecified atom stereocenters. The third kappa shape index (κ3) is 3.63. The number of nitrogens with one attached hydrogen (secondary N) is 1. The van der Waals surface area contributed by atoms with Gasteiger partial charge in [-0.1, -0.05) is 6.07 Å². The number of benzene rings is 1. The van der Waals surface area contributed by atoms with E-state index in [-0.39, 0.29) is 17.9 Å². The van der Waals surface area contributed by atoms with Crippen molar-refractivity contribution in [3.05, 3.63) is 71.3 Å². The molecule has 0 saturated carbocycles. The molecule has 1 aromatic carbocycles. The normalized spacial score (nSPS) is 17.2. The van der Waals surface area contributed by atoms with Crippen molar-refractivity contribution in [2.45, 2.75) is 25.4 Å². The van der Waals surface area contributed by atoms with Crippen LogP contribution in [0, 0.1) is 0 Å². The third-order valence-corrected chi connectivity index (χ3v) is 6.45. The summed E-state index contributed by atoms with van der Waals surface area (Å²) in [7, 11) is 3.52. The average Bonchev–Trinajstić information content (AvgIpc) is 3.29. The molecule has 1 fully saturated rings. The van der Waals surface area contributed by atoms with Crippen molar-refractivity contribution in [2.24, 2.45) is 12.0 Å². The smallest absolute Gasteiger partial charge is 0.259 e. The number of pyridine rings is 1. The summed E-state index contributed by atoms with van der Waals surface area (Å²) in [6.45, 7) is 5.27. The predicted octanol–water partition coefficient (Wildman–Crippen LogP) is 2.70. The number of aromatic nitrogens is 3. The number of hydrogen-bond acceptors (Lipinski definition) is 6. The Labute approximate surface area is 198 Å². The van der Waals surface area contributed by atoms with Crippen LogP contribution >= 0.6 is 0 Å². The highest BCUT2D eigenvalue weighted by atomic mass is 16.2.